The molecular weight excluding hydrogens is 524 g/mol. The Balaban J connectivity index is 2.22. The first-order valence-electron chi connectivity index (χ1n) is 12.7. The Morgan fingerprint density at radius 1 is 0.500 bits per heavy atom. The molecule has 3 rings (SSSR count). The monoisotopic (exact) mass is 562 g/mol. The van der Waals surface area contributed by atoms with E-state index in [1.165, 1.54) is 12.1 Å². The van der Waals surface area contributed by atoms with Crippen LogP contribution in [0, 0.1) is 23.3 Å². The molecule has 3 aromatic carbocycles. The van der Waals surface area contributed by atoms with Crippen LogP contribution in [0.1, 0.15) is 41.5 Å². The molecule has 206 valence electrons. The molecule has 0 atom stereocenters. The highest BCUT2D eigenvalue weighted by molar-refractivity contribution is 6.75. The molecule has 0 bridgehead atoms. The Bertz CT molecular complexity index is 1210. The van der Waals surface area contributed by atoms with Crippen LogP contribution in [0.2, 0.25) is 36.3 Å². The Morgan fingerprint density at radius 2 is 0.763 bits per heavy atom. The maximum absolute atomic E-state index is 15.7. The van der Waals surface area contributed by atoms with Gasteiger partial charge in [-0.3, -0.25) is 0 Å². The molecular formula is C30H38F4O2Si2. The molecule has 0 aromatic heterocycles. The van der Waals surface area contributed by atoms with Crippen molar-refractivity contribution in [1.82, 2.24) is 0 Å². The summed E-state index contributed by atoms with van der Waals surface area (Å²) in [4.78, 5) is 0. The van der Waals surface area contributed by atoms with Gasteiger partial charge in [-0.25, -0.2) is 17.6 Å². The predicted molar refractivity (Wildman–Crippen MR) is 153 cm³/mol. The smallest absolute Gasteiger partial charge is 0.250 e. The van der Waals surface area contributed by atoms with Gasteiger partial charge >= 0.3 is 0 Å². The van der Waals surface area contributed by atoms with Crippen molar-refractivity contribution in [2.45, 2.75) is 77.8 Å². The number of rotatable bonds is 6. The highest BCUT2D eigenvalue weighted by atomic mass is 28.4. The lowest BCUT2D eigenvalue weighted by molar-refractivity contribution is 0.458. The predicted octanol–water partition coefficient (Wildman–Crippen LogP) is 10.3. The summed E-state index contributed by atoms with van der Waals surface area (Å²) in [6.45, 7) is 20.1. The lowest BCUT2D eigenvalue weighted by Crippen LogP contribution is -2.44. The van der Waals surface area contributed by atoms with Crippen molar-refractivity contribution in [3.63, 3.8) is 0 Å². The lowest BCUT2D eigenvalue weighted by atomic mass is 9.96. The third-order valence-electron chi connectivity index (χ3n) is 7.92. The van der Waals surface area contributed by atoms with Gasteiger partial charge in [0.25, 0.3) is 16.6 Å². The summed E-state index contributed by atoms with van der Waals surface area (Å²) in [5, 5.41) is -0.406. The molecule has 3 aromatic rings. The van der Waals surface area contributed by atoms with E-state index in [-0.39, 0.29) is 32.7 Å². The molecule has 0 saturated heterocycles. The summed E-state index contributed by atoms with van der Waals surface area (Å²) < 4.78 is 75.5. The summed E-state index contributed by atoms with van der Waals surface area (Å²) in [5.41, 5.74) is -1.66. The van der Waals surface area contributed by atoms with E-state index in [9.17, 15) is 0 Å². The number of benzene rings is 3. The molecule has 0 N–H and O–H groups in total. The van der Waals surface area contributed by atoms with Crippen LogP contribution in [0.5, 0.6) is 11.5 Å². The highest BCUT2D eigenvalue weighted by Gasteiger charge is 2.41. The second-order valence-corrected chi connectivity index (χ2v) is 22.2. The second-order valence-electron chi connectivity index (χ2n) is 12.7. The molecule has 0 amide bonds. The van der Waals surface area contributed by atoms with Crippen molar-refractivity contribution in [2.75, 3.05) is 0 Å². The molecule has 2 nitrogen and oxygen atoms in total. The van der Waals surface area contributed by atoms with Crippen LogP contribution in [0.3, 0.4) is 0 Å². The summed E-state index contributed by atoms with van der Waals surface area (Å²) in [7, 11) is -4.85. The zero-order valence-corrected chi connectivity index (χ0v) is 25.9. The Hall–Kier alpha value is -2.59. The Morgan fingerprint density at radius 3 is 1.03 bits per heavy atom. The van der Waals surface area contributed by atoms with Crippen LogP contribution in [-0.4, -0.2) is 16.6 Å². The van der Waals surface area contributed by atoms with Gasteiger partial charge in [0.05, 0.1) is 11.1 Å². The molecule has 0 spiro atoms. The minimum atomic E-state index is -2.43. The fourth-order valence-electron chi connectivity index (χ4n) is 3.48. The van der Waals surface area contributed by atoms with E-state index < -0.39 is 51.0 Å². The molecule has 0 fully saturated rings. The molecule has 0 unspecified atom stereocenters. The molecule has 38 heavy (non-hydrogen) atoms. The average Bonchev–Trinajstić information content (AvgIpc) is 2.78. The van der Waals surface area contributed by atoms with Gasteiger partial charge in [0.1, 0.15) is 11.5 Å². The van der Waals surface area contributed by atoms with Gasteiger partial charge < -0.3 is 8.85 Å². The van der Waals surface area contributed by atoms with E-state index in [0.29, 0.717) is 0 Å². The Kier molecular flexibility index (Phi) is 8.03. The fourth-order valence-corrected chi connectivity index (χ4v) is 5.55. The number of hydrogen-bond donors (Lipinski definition) is 0. The standard InChI is InChI=1S/C30H38F4O2Si2/c1-29(2,3)37(7,8)35-21-17-13-11-15-19(21)23-25(31)27(33)24(28(34)26(23)32)20-16-12-14-18-22(20)36-38(9,10)30(4,5)6/h11-18H,1-10H3. The van der Waals surface area contributed by atoms with Gasteiger partial charge in [0.15, 0.2) is 23.3 Å². The summed E-state index contributed by atoms with van der Waals surface area (Å²) in [5.74, 6) is -5.55. The number of para-hydroxylation sites is 2. The largest absolute Gasteiger partial charge is 0.543 e. The van der Waals surface area contributed by atoms with Gasteiger partial charge in [-0.05, 0) is 48.4 Å². The normalized spacial score (nSPS) is 13.0. The van der Waals surface area contributed by atoms with E-state index in [0.717, 1.165) is 0 Å². The third-order valence-corrected chi connectivity index (χ3v) is 16.6. The molecule has 0 radical (unpaired) electrons. The van der Waals surface area contributed by atoms with Crippen molar-refractivity contribution in [1.29, 1.82) is 0 Å². The minimum absolute atomic E-state index is 0.0394. The fraction of sp³-hybridized carbons (Fsp3) is 0.400. The van der Waals surface area contributed by atoms with Crippen molar-refractivity contribution in [3.05, 3.63) is 71.8 Å². The molecule has 0 aliphatic carbocycles. The topological polar surface area (TPSA) is 18.5 Å². The van der Waals surface area contributed by atoms with Crippen molar-refractivity contribution in [3.8, 4) is 33.8 Å². The zero-order valence-electron chi connectivity index (χ0n) is 23.9. The van der Waals surface area contributed by atoms with Gasteiger partial charge in [-0.1, -0.05) is 77.9 Å². The van der Waals surface area contributed by atoms with Gasteiger partial charge in [0, 0.05) is 11.1 Å². The van der Waals surface area contributed by atoms with E-state index in [2.05, 4.69) is 0 Å². The molecule has 8 heteroatoms. The van der Waals surface area contributed by atoms with Gasteiger partial charge in [-0.2, -0.15) is 0 Å². The molecule has 0 saturated carbocycles. The summed E-state index contributed by atoms with van der Waals surface area (Å²) in [6.07, 6.45) is 0. The van der Waals surface area contributed by atoms with E-state index >= 15 is 17.6 Å². The number of hydrogen-bond acceptors (Lipinski definition) is 2. The molecule has 0 heterocycles. The molecule has 0 aliphatic rings. The van der Waals surface area contributed by atoms with E-state index in [1.807, 2.05) is 67.7 Å². The zero-order chi connectivity index (χ0) is 28.8. The number of halogens is 4. The van der Waals surface area contributed by atoms with Gasteiger partial charge in [-0.15, -0.1) is 0 Å². The Labute approximate surface area is 226 Å². The van der Waals surface area contributed by atoms with Gasteiger partial charge in [0.2, 0.25) is 0 Å². The maximum Gasteiger partial charge on any atom is 0.250 e. The van der Waals surface area contributed by atoms with Crippen molar-refractivity contribution in [2.24, 2.45) is 0 Å². The van der Waals surface area contributed by atoms with Crippen molar-refractivity contribution < 1.29 is 26.4 Å². The van der Waals surface area contributed by atoms with Crippen LogP contribution in [0.25, 0.3) is 22.3 Å². The first-order valence-corrected chi connectivity index (χ1v) is 18.5. The van der Waals surface area contributed by atoms with Crippen molar-refractivity contribution >= 4 is 16.6 Å². The summed E-state index contributed by atoms with van der Waals surface area (Å²) in [6, 6.07) is 12.4. The first kappa shape index (κ1) is 30.0. The second kappa shape index (κ2) is 10.2. The quantitative estimate of drug-likeness (QED) is 0.169. The van der Waals surface area contributed by atoms with Crippen LogP contribution < -0.4 is 8.85 Å². The van der Waals surface area contributed by atoms with Crippen LogP contribution in [-0.2, 0) is 0 Å². The summed E-state index contributed by atoms with van der Waals surface area (Å²) >= 11 is 0. The highest BCUT2D eigenvalue weighted by Crippen LogP contribution is 2.46. The van der Waals surface area contributed by atoms with Crippen LogP contribution in [0.15, 0.2) is 48.5 Å². The first-order chi connectivity index (χ1) is 17.3. The molecule has 0 aliphatic heterocycles. The van der Waals surface area contributed by atoms with Crippen LogP contribution in [0.4, 0.5) is 17.6 Å². The third kappa shape index (κ3) is 5.57. The van der Waals surface area contributed by atoms with E-state index in [1.54, 1.807) is 36.4 Å². The lowest BCUT2D eigenvalue weighted by Gasteiger charge is -2.37. The van der Waals surface area contributed by atoms with Crippen LogP contribution >= 0.6 is 0 Å². The maximum atomic E-state index is 15.7. The average molecular weight is 563 g/mol. The van der Waals surface area contributed by atoms with E-state index in [4.69, 9.17) is 8.85 Å². The minimum Gasteiger partial charge on any atom is -0.543 e. The SMILES string of the molecule is CC(C)(C)[Si](C)(C)Oc1ccccc1-c1c(F)c(F)c(-c2ccccc2O[Si](C)(C)C(C)(C)C)c(F)c1F.